The number of benzene rings is 16. The Hall–Kier alpha value is -12.6. The number of rotatable bonds is 17. The molecule has 0 amide bonds. The van der Waals surface area contributed by atoms with Crippen molar-refractivity contribution in [2.24, 2.45) is 0 Å². The Bertz CT molecular complexity index is 4910. The lowest BCUT2D eigenvalue weighted by molar-refractivity contribution is 0.978. The number of para-hydroxylation sites is 2. The van der Waals surface area contributed by atoms with Crippen molar-refractivity contribution in [1.82, 2.24) is 0 Å². The molecule has 454 valence electrons. The van der Waals surface area contributed by atoms with Crippen molar-refractivity contribution < 1.29 is 0 Å². The number of hydrogen-bond acceptors (Lipinski definition) is 3. The van der Waals surface area contributed by atoms with E-state index >= 15 is 0 Å². The Labute approximate surface area is 562 Å². The van der Waals surface area contributed by atoms with Gasteiger partial charge in [0.2, 0.25) is 0 Å². The van der Waals surface area contributed by atoms with Gasteiger partial charge in [-0.25, -0.2) is 0 Å². The van der Waals surface area contributed by atoms with Gasteiger partial charge in [0.1, 0.15) is 0 Å². The van der Waals surface area contributed by atoms with Crippen molar-refractivity contribution in [2.75, 3.05) is 14.7 Å². The van der Waals surface area contributed by atoms with Crippen molar-refractivity contribution in [3.05, 3.63) is 417 Å². The normalized spacial score (nSPS) is 11.5. The first-order valence-corrected chi connectivity index (χ1v) is 33.0. The first kappa shape index (κ1) is 58.5. The summed E-state index contributed by atoms with van der Waals surface area (Å²) in [5.41, 5.74) is 25.4. The van der Waals surface area contributed by atoms with Crippen molar-refractivity contribution in [3.63, 3.8) is 0 Å². The Kier molecular flexibility index (Phi) is 16.2. The second kappa shape index (κ2) is 26.6. The van der Waals surface area contributed by atoms with Gasteiger partial charge in [0.25, 0.3) is 0 Å². The van der Waals surface area contributed by atoms with Gasteiger partial charge in [-0.3, -0.25) is 0 Å². The summed E-state index contributed by atoms with van der Waals surface area (Å²) in [7, 11) is 0. The molecule has 0 saturated carbocycles. The molecule has 0 bridgehead atoms. The van der Waals surface area contributed by atoms with E-state index in [1.807, 2.05) is 0 Å². The molecule has 96 heavy (non-hydrogen) atoms. The van der Waals surface area contributed by atoms with Gasteiger partial charge in [0, 0.05) is 56.5 Å². The Balaban J connectivity index is 0.686. The van der Waals surface area contributed by atoms with Crippen LogP contribution in [-0.4, -0.2) is 0 Å². The highest BCUT2D eigenvalue weighted by Gasteiger charge is 2.21. The summed E-state index contributed by atoms with van der Waals surface area (Å²) < 4.78 is 0. The summed E-state index contributed by atoms with van der Waals surface area (Å²) in [6.07, 6.45) is 0. The Morgan fingerprint density at radius 2 is 0.354 bits per heavy atom. The molecule has 16 rings (SSSR count). The molecule has 1 unspecified atom stereocenters. The predicted octanol–water partition coefficient (Wildman–Crippen LogP) is 25.9. The molecular weight excluding hydrogens is 1160 g/mol. The van der Waals surface area contributed by atoms with Gasteiger partial charge < -0.3 is 14.7 Å². The number of hydrogen-bond donors (Lipinski definition) is 0. The highest BCUT2D eigenvalue weighted by Crippen LogP contribution is 2.44. The predicted molar refractivity (Wildman–Crippen MR) is 407 cm³/mol. The van der Waals surface area contributed by atoms with Gasteiger partial charge in [-0.15, -0.1) is 0 Å². The lowest BCUT2D eigenvalue weighted by Gasteiger charge is -2.27. The SMILES string of the molecule is c1ccc(-c2ccc(C(c3ccc(-c4ccc(N(c5ccc(-c6ccccc6)cc5)c5ccc(-c6ccc(N(c7ccccc7)c7cccc8ccccc78)cc6)cc5)cc4)cc3)c3ccc(-c4ccc(N(c5ccccc5)c5cccc6ccccc56)cc4)cc3)cc2)cc1. The van der Waals surface area contributed by atoms with Crippen LogP contribution in [0.5, 0.6) is 0 Å². The van der Waals surface area contributed by atoms with E-state index < -0.39 is 0 Å². The van der Waals surface area contributed by atoms with Gasteiger partial charge in [-0.1, -0.05) is 303 Å². The first-order chi connectivity index (χ1) is 47.6. The maximum absolute atomic E-state index is 2.36. The third kappa shape index (κ3) is 12.0. The Morgan fingerprint density at radius 1 is 0.146 bits per heavy atom. The molecule has 3 nitrogen and oxygen atoms in total. The van der Waals surface area contributed by atoms with Crippen LogP contribution in [0.1, 0.15) is 22.6 Å². The maximum atomic E-state index is 2.36. The molecule has 0 radical (unpaired) electrons. The summed E-state index contributed by atoms with van der Waals surface area (Å²) in [6, 6.07) is 145. The quantitative estimate of drug-likeness (QED) is 0.0842. The summed E-state index contributed by atoms with van der Waals surface area (Å²) >= 11 is 0. The van der Waals surface area contributed by atoms with Crippen LogP contribution in [0.3, 0.4) is 0 Å². The third-order valence-corrected chi connectivity index (χ3v) is 18.6. The second-order valence-electron chi connectivity index (χ2n) is 24.4. The van der Waals surface area contributed by atoms with E-state index in [-0.39, 0.29) is 5.92 Å². The van der Waals surface area contributed by atoms with Crippen LogP contribution in [0.15, 0.2) is 400 Å². The molecule has 0 spiro atoms. The van der Waals surface area contributed by atoms with E-state index in [0.717, 1.165) is 73.4 Å². The van der Waals surface area contributed by atoms with Gasteiger partial charge in [-0.05, 0) is 180 Å². The molecule has 0 aliphatic rings. The third-order valence-electron chi connectivity index (χ3n) is 18.6. The van der Waals surface area contributed by atoms with Crippen LogP contribution in [0.25, 0.3) is 77.2 Å². The largest absolute Gasteiger partial charge is 0.311 e. The fourth-order valence-corrected chi connectivity index (χ4v) is 13.7. The summed E-state index contributed by atoms with van der Waals surface area (Å²) in [6.45, 7) is 0. The number of anilines is 9. The minimum absolute atomic E-state index is 0.00105. The lowest BCUT2D eigenvalue weighted by Crippen LogP contribution is -2.10. The average molecular weight is 1230 g/mol. The van der Waals surface area contributed by atoms with E-state index in [4.69, 9.17) is 0 Å². The Morgan fingerprint density at radius 3 is 0.646 bits per heavy atom. The molecule has 0 heterocycles. The molecule has 0 N–H and O–H groups in total. The molecule has 0 aliphatic carbocycles. The second-order valence-corrected chi connectivity index (χ2v) is 24.4. The van der Waals surface area contributed by atoms with Gasteiger partial charge in [-0.2, -0.15) is 0 Å². The number of fused-ring (bicyclic) bond motifs is 2. The molecule has 16 aromatic carbocycles. The van der Waals surface area contributed by atoms with Crippen molar-refractivity contribution >= 4 is 72.7 Å². The van der Waals surface area contributed by atoms with Crippen LogP contribution < -0.4 is 14.7 Å². The van der Waals surface area contributed by atoms with E-state index in [9.17, 15) is 0 Å². The highest BCUT2D eigenvalue weighted by atomic mass is 15.2. The molecule has 0 saturated heterocycles. The molecule has 0 aliphatic heterocycles. The average Bonchev–Trinajstić information content (AvgIpc) is 0.803. The smallest absolute Gasteiger partial charge is 0.0540 e. The zero-order valence-electron chi connectivity index (χ0n) is 53.0. The molecule has 0 aromatic heterocycles. The van der Waals surface area contributed by atoms with Crippen molar-refractivity contribution in [1.29, 1.82) is 0 Å². The minimum atomic E-state index is 0.00105. The standard InChI is InChI=1S/C93H67N3/c1-5-19-67(20-6-1)69-35-41-79(42-36-69)93(81-45-39-71(40-46-81)74-53-63-87(64-54-74)95(82-27-9-3-10-28-82)91-33-17-25-77-23-13-15-31-89(77)91)80-43-37-70(38-44-80)73-49-59-85(60-50-73)94(84-57-47-72(48-58-84)68-21-7-2-8-22-68)86-61-51-75(52-62-86)76-55-65-88(66-56-76)96(83-29-11-4-12-30-83)92-34-18-26-78-24-14-16-32-90(78)92/h1-66,93H. The maximum Gasteiger partial charge on any atom is 0.0540 e. The number of nitrogens with zero attached hydrogens (tertiary/aromatic N) is 3. The topological polar surface area (TPSA) is 9.72 Å². The molecule has 1 atom stereocenters. The van der Waals surface area contributed by atoms with E-state index in [0.29, 0.717) is 0 Å². The fraction of sp³-hybridized carbons (Fsp3) is 0.0108. The molecular formula is C93H67N3. The first-order valence-electron chi connectivity index (χ1n) is 33.0. The van der Waals surface area contributed by atoms with Crippen molar-refractivity contribution in [3.8, 4) is 55.6 Å². The molecule has 16 aromatic rings. The lowest BCUT2D eigenvalue weighted by atomic mass is 9.83. The van der Waals surface area contributed by atoms with Gasteiger partial charge >= 0.3 is 0 Å². The van der Waals surface area contributed by atoms with E-state index in [1.165, 1.54) is 71.6 Å². The zero-order chi connectivity index (χ0) is 64.0. The summed E-state index contributed by atoms with van der Waals surface area (Å²) in [4.78, 5) is 7.07. The summed E-state index contributed by atoms with van der Waals surface area (Å²) in [5.74, 6) is 0.00105. The van der Waals surface area contributed by atoms with Gasteiger partial charge in [0.15, 0.2) is 0 Å². The van der Waals surface area contributed by atoms with E-state index in [2.05, 4.69) is 415 Å². The minimum Gasteiger partial charge on any atom is -0.311 e. The van der Waals surface area contributed by atoms with Crippen molar-refractivity contribution in [2.45, 2.75) is 5.92 Å². The van der Waals surface area contributed by atoms with Crippen LogP contribution in [0, 0.1) is 0 Å². The molecule has 0 fully saturated rings. The zero-order valence-corrected chi connectivity index (χ0v) is 53.0. The summed E-state index contributed by atoms with van der Waals surface area (Å²) in [5, 5.41) is 4.85. The van der Waals surface area contributed by atoms with Gasteiger partial charge in [0.05, 0.1) is 11.4 Å². The molecule has 3 heteroatoms. The highest BCUT2D eigenvalue weighted by molar-refractivity contribution is 6.00. The van der Waals surface area contributed by atoms with Crippen LogP contribution in [0.4, 0.5) is 51.2 Å². The van der Waals surface area contributed by atoms with E-state index in [1.54, 1.807) is 0 Å². The van der Waals surface area contributed by atoms with Crippen LogP contribution in [0.2, 0.25) is 0 Å². The van der Waals surface area contributed by atoms with Crippen LogP contribution in [-0.2, 0) is 0 Å². The fourth-order valence-electron chi connectivity index (χ4n) is 13.7. The van der Waals surface area contributed by atoms with Crippen LogP contribution >= 0.6 is 0 Å². The monoisotopic (exact) mass is 1230 g/mol.